The SMILES string of the molecule is CC1CCCN(c2ccc(CN)cc2C(F)(F)F)CC1. The van der Waals surface area contributed by atoms with E-state index in [1.54, 1.807) is 12.1 Å². The van der Waals surface area contributed by atoms with Gasteiger partial charge in [-0.15, -0.1) is 0 Å². The van der Waals surface area contributed by atoms with Crippen LogP contribution in [0, 0.1) is 5.92 Å². The maximum Gasteiger partial charge on any atom is 0.418 e. The van der Waals surface area contributed by atoms with Gasteiger partial charge in [-0.05, 0) is 42.9 Å². The molecule has 1 unspecified atom stereocenters. The number of halogens is 3. The highest BCUT2D eigenvalue weighted by Crippen LogP contribution is 2.38. The molecule has 1 saturated heterocycles. The van der Waals surface area contributed by atoms with Gasteiger partial charge in [-0.3, -0.25) is 0 Å². The van der Waals surface area contributed by atoms with Gasteiger partial charge in [-0.2, -0.15) is 13.2 Å². The highest BCUT2D eigenvalue weighted by molar-refractivity contribution is 5.56. The van der Waals surface area contributed by atoms with E-state index >= 15 is 0 Å². The fourth-order valence-electron chi connectivity index (χ4n) is 2.72. The Morgan fingerprint density at radius 1 is 1.25 bits per heavy atom. The van der Waals surface area contributed by atoms with Crippen molar-refractivity contribution in [3.8, 4) is 0 Å². The zero-order chi connectivity index (χ0) is 14.8. The van der Waals surface area contributed by atoms with Crippen molar-refractivity contribution in [1.29, 1.82) is 0 Å². The summed E-state index contributed by atoms with van der Waals surface area (Å²) in [5.41, 5.74) is 5.71. The lowest BCUT2D eigenvalue weighted by Gasteiger charge is -2.26. The zero-order valence-electron chi connectivity index (χ0n) is 11.7. The molecule has 5 heteroatoms. The number of rotatable bonds is 2. The third-order valence-corrected chi connectivity index (χ3v) is 3.96. The summed E-state index contributed by atoms with van der Waals surface area (Å²) < 4.78 is 39.7. The molecule has 112 valence electrons. The summed E-state index contributed by atoms with van der Waals surface area (Å²) in [4.78, 5) is 1.87. The van der Waals surface area contributed by atoms with Gasteiger partial charge in [0.2, 0.25) is 0 Å². The smallest absolute Gasteiger partial charge is 0.371 e. The minimum absolute atomic E-state index is 0.125. The van der Waals surface area contributed by atoms with Gasteiger partial charge < -0.3 is 10.6 Å². The quantitative estimate of drug-likeness (QED) is 0.896. The van der Waals surface area contributed by atoms with Gasteiger partial charge in [-0.25, -0.2) is 0 Å². The molecule has 0 aromatic heterocycles. The summed E-state index contributed by atoms with van der Waals surface area (Å²) in [7, 11) is 0. The van der Waals surface area contributed by atoms with Crippen LogP contribution in [-0.2, 0) is 12.7 Å². The molecule has 1 aliphatic rings. The molecule has 1 atom stereocenters. The normalized spacial score (nSPS) is 20.9. The summed E-state index contributed by atoms with van der Waals surface area (Å²) in [5, 5.41) is 0. The molecule has 0 amide bonds. The van der Waals surface area contributed by atoms with Crippen LogP contribution in [0.4, 0.5) is 18.9 Å². The van der Waals surface area contributed by atoms with E-state index in [-0.39, 0.29) is 6.54 Å². The van der Waals surface area contributed by atoms with Gasteiger partial charge in [0.05, 0.1) is 5.56 Å². The Morgan fingerprint density at radius 2 is 2.00 bits per heavy atom. The molecule has 1 aromatic carbocycles. The van der Waals surface area contributed by atoms with Crippen molar-refractivity contribution in [3.63, 3.8) is 0 Å². The van der Waals surface area contributed by atoms with Crippen molar-refractivity contribution < 1.29 is 13.2 Å². The molecule has 1 aromatic rings. The van der Waals surface area contributed by atoms with Crippen molar-refractivity contribution in [2.45, 2.75) is 38.9 Å². The molecule has 2 rings (SSSR count). The Labute approximate surface area is 117 Å². The molecule has 1 aliphatic heterocycles. The zero-order valence-corrected chi connectivity index (χ0v) is 11.7. The van der Waals surface area contributed by atoms with Crippen molar-refractivity contribution in [2.75, 3.05) is 18.0 Å². The molecule has 0 aliphatic carbocycles. The van der Waals surface area contributed by atoms with Gasteiger partial charge in [0, 0.05) is 25.3 Å². The molecule has 0 bridgehead atoms. The van der Waals surface area contributed by atoms with Crippen LogP contribution in [-0.4, -0.2) is 13.1 Å². The molecular weight excluding hydrogens is 265 g/mol. The number of nitrogens with two attached hydrogens (primary N) is 1. The maximum absolute atomic E-state index is 13.2. The first-order valence-electron chi connectivity index (χ1n) is 7.07. The van der Waals surface area contributed by atoms with E-state index < -0.39 is 11.7 Å². The highest BCUT2D eigenvalue weighted by Gasteiger charge is 2.35. The molecule has 1 fully saturated rings. The van der Waals surface area contributed by atoms with E-state index in [0.29, 0.717) is 30.3 Å². The first-order chi connectivity index (χ1) is 9.41. The van der Waals surface area contributed by atoms with Crippen molar-refractivity contribution in [2.24, 2.45) is 11.7 Å². The lowest BCUT2D eigenvalue weighted by Crippen LogP contribution is -2.27. The van der Waals surface area contributed by atoms with E-state index in [0.717, 1.165) is 19.3 Å². The van der Waals surface area contributed by atoms with E-state index in [4.69, 9.17) is 5.73 Å². The van der Waals surface area contributed by atoms with Crippen molar-refractivity contribution >= 4 is 5.69 Å². The Kier molecular flexibility index (Phi) is 4.58. The first-order valence-corrected chi connectivity index (χ1v) is 7.07. The first kappa shape index (κ1) is 15.2. The second-order valence-corrected chi connectivity index (χ2v) is 5.58. The number of hydrogen-bond acceptors (Lipinski definition) is 2. The maximum atomic E-state index is 13.2. The predicted octanol–water partition coefficient (Wildman–Crippen LogP) is 3.79. The lowest BCUT2D eigenvalue weighted by atomic mass is 10.0. The molecule has 0 saturated carbocycles. The van der Waals surface area contributed by atoms with Crippen LogP contribution in [0.25, 0.3) is 0 Å². The van der Waals surface area contributed by atoms with Gasteiger partial charge in [0.15, 0.2) is 0 Å². The van der Waals surface area contributed by atoms with Crippen LogP contribution in [0.2, 0.25) is 0 Å². The monoisotopic (exact) mass is 286 g/mol. The number of benzene rings is 1. The predicted molar refractivity (Wildman–Crippen MR) is 74.6 cm³/mol. The van der Waals surface area contributed by atoms with Gasteiger partial charge in [-0.1, -0.05) is 13.0 Å². The lowest BCUT2D eigenvalue weighted by molar-refractivity contribution is -0.137. The average Bonchev–Trinajstić information content (AvgIpc) is 2.62. The van der Waals surface area contributed by atoms with E-state index in [9.17, 15) is 13.2 Å². The second kappa shape index (κ2) is 6.04. The van der Waals surface area contributed by atoms with Crippen LogP contribution in [0.3, 0.4) is 0 Å². The summed E-state index contributed by atoms with van der Waals surface area (Å²) in [6.07, 6.45) is -1.37. The molecule has 0 spiro atoms. The van der Waals surface area contributed by atoms with Crippen LogP contribution in [0.5, 0.6) is 0 Å². The minimum atomic E-state index is -4.33. The Bertz CT molecular complexity index is 457. The minimum Gasteiger partial charge on any atom is -0.371 e. The highest BCUT2D eigenvalue weighted by atomic mass is 19.4. The van der Waals surface area contributed by atoms with Gasteiger partial charge in [0.1, 0.15) is 0 Å². The number of nitrogens with zero attached hydrogens (tertiary/aromatic N) is 1. The Hall–Kier alpha value is -1.23. The van der Waals surface area contributed by atoms with Gasteiger partial charge in [0.25, 0.3) is 0 Å². The standard InChI is InChI=1S/C15H21F3N2/c1-11-3-2-7-20(8-6-11)14-5-4-12(10-19)9-13(14)15(16,17)18/h4-5,9,11H,2-3,6-8,10,19H2,1H3. The van der Waals surface area contributed by atoms with Crippen LogP contribution >= 0.6 is 0 Å². The molecule has 0 radical (unpaired) electrons. The molecular formula is C15H21F3N2. The number of anilines is 1. The molecule has 20 heavy (non-hydrogen) atoms. The second-order valence-electron chi connectivity index (χ2n) is 5.58. The summed E-state index contributed by atoms with van der Waals surface area (Å²) in [5.74, 6) is 0.581. The summed E-state index contributed by atoms with van der Waals surface area (Å²) in [6.45, 7) is 3.66. The van der Waals surface area contributed by atoms with E-state index in [1.807, 2.05) is 4.90 Å². The summed E-state index contributed by atoms with van der Waals surface area (Å²) in [6, 6.07) is 4.45. The number of hydrogen-bond donors (Lipinski definition) is 1. The van der Waals surface area contributed by atoms with Crippen LogP contribution in [0.1, 0.15) is 37.3 Å². The van der Waals surface area contributed by atoms with E-state index in [2.05, 4.69) is 6.92 Å². The van der Waals surface area contributed by atoms with Crippen molar-refractivity contribution in [1.82, 2.24) is 0 Å². The van der Waals surface area contributed by atoms with Gasteiger partial charge >= 0.3 is 6.18 Å². The largest absolute Gasteiger partial charge is 0.418 e. The van der Waals surface area contributed by atoms with Crippen LogP contribution < -0.4 is 10.6 Å². The Balaban J connectivity index is 2.34. The third-order valence-electron chi connectivity index (χ3n) is 3.96. The fraction of sp³-hybridized carbons (Fsp3) is 0.600. The fourth-order valence-corrected chi connectivity index (χ4v) is 2.72. The number of alkyl halides is 3. The summed E-state index contributed by atoms with van der Waals surface area (Å²) >= 11 is 0. The van der Waals surface area contributed by atoms with Crippen molar-refractivity contribution in [3.05, 3.63) is 29.3 Å². The third kappa shape index (κ3) is 3.45. The Morgan fingerprint density at radius 3 is 2.65 bits per heavy atom. The molecule has 1 heterocycles. The van der Waals surface area contributed by atoms with E-state index in [1.165, 1.54) is 6.07 Å². The molecule has 2 N–H and O–H groups in total. The average molecular weight is 286 g/mol. The van der Waals surface area contributed by atoms with Crippen LogP contribution in [0.15, 0.2) is 18.2 Å². The molecule has 2 nitrogen and oxygen atoms in total. The topological polar surface area (TPSA) is 29.3 Å².